The highest BCUT2D eigenvalue weighted by molar-refractivity contribution is 7.86. The molecule has 1 N–H and O–H groups in total. The van der Waals surface area contributed by atoms with E-state index >= 15 is 0 Å². The summed E-state index contributed by atoms with van der Waals surface area (Å²) in [4.78, 5) is 25.5. The number of carbonyl (C=O) groups excluding carboxylic acids is 2. The number of aliphatic hydroxyl groups is 1. The highest BCUT2D eigenvalue weighted by Crippen LogP contribution is 2.71. The molecule has 4 aliphatic rings. The summed E-state index contributed by atoms with van der Waals surface area (Å²) >= 11 is 0. The van der Waals surface area contributed by atoms with Gasteiger partial charge in [-0.05, 0) is 62.5 Å². The van der Waals surface area contributed by atoms with Gasteiger partial charge in [-0.3, -0.25) is 13.8 Å². The van der Waals surface area contributed by atoms with Crippen LogP contribution in [0, 0.1) is 41.4 Å². The fraction of sp³-hybridized carbons (Fsp3) is 0.692. The minimum atomic E-state index is -4.01. The first-order valence-electron chi connectivity index (χ1n) is 12.2. The van der Waals surface area contributed by atoms with Gasteiger partial charge in [0.2, 0.25) is 0 Å². The number of fused-ring (bicyclic) bond motifs is 5. The number of aryl methyl sites for hydroxylation is 1. The summed E-state index contributed by atoms with van der Waals surface area (Å²) in [5.41, 5.74) is -1.29. The number of rotatable bonds is 4. The van der Waals surface area contributed by atoms with Crippen molar-refractivity contribution in [1.29, 1.82) is 0 Å². The van der Waals surface area contributed by atoms with Crippen molar-refractivity contribution in [2.45, 2.75) is 76.2 Å². The highest BCUT2D eigenvalue weighted by Gasteiger charge is 2.72. The van der Waals surface area contributed by atoms with E-state index in [9.17, 15) is 23.1 Å². The first kappa shape index (κ1) is 23.2. The van der Waals surface area contributed by atoms with Gasteiger partial charge in [-0.1, -0.05) is 31.5 Å². The van der Waals surface area contributed by atoms with Crippen LogP contribution in [0.5, 0.6) is 0 Å². The highest BCUT2D eigenvalue weighted by atomic mass is 32.2. The average molecular weight is 475 g/mol. The Kier molecular flexibility index (Phi) is 5.24. The molecule has 0 spiro atoms. The largest absolute Gasteiger partial charge is 0.388 e. The second-order valence-electron chi connectivity index (χ2n) is 11.4. The lowest BCUT2D eigenvalue weighted by Gasteiger charge is -2.49. The van der Waals surface area contributed by atoms with Crippen molar-refractivity contribution >= 4 is 21.7 Å². The SMILES string of the molecule is Cc1ccc(S(=O)(=O)OC[C@@H]2[C@H]3[C@@H]4CCC(=O)[C@@]4(C)CC[C@@H]3[C@@]3(C)CCC(=O)C[C@@]23O)cc1. The zero-order valence-corrected chi connectivity index (χ0v) is 20.5. The molecule has 0 aliphatic heterocycles. The molecule has 4 aliphatic carbocycles. The molecule has 6 nitrogen and oxygen atoms in total. The molecule has 0 unspecified atom stereocenters. The van der Waals surface area contributed by atoms with Crippen LogP contribution >= 0.6 is 0 Å². The van der Waals surface area contributed by atoms with Gasteiger partial charge in [-0.15, -0.1) is 0 Å². The fourth-order valence-corrected chi connectivity index (χ4v) is 8.97. The molecule has 180 valence electrons. The Morgan fingerprint density at radius 2 is 1.73 bits per heavy atom. The first-order chi connectivity index (χ1) is 15.4. The summed E-state index contributed by atoms with van der Waals surface area (Å²) in [6, 6.07) is 6.50. The smallest absolute Gasteiger partial charge is 0.296 e. The lowest BCUT2D eigenvalue weighted by Crippen LogP contribution is -2.54. The molecule has 4 fully saturated rings. The molecule has 4 saturated carbocycles. The Morgan fingerprint density at radius 1 is 1.03 bits per heavy atom. The molecule has 0 bridgehead atoms. The van der Waals surface area contributed by atoms with E-state index in [0.717, 1.165) is 24.8 Å². The molecule has 7 heteroatoms. The van der Waals surface area contributed by atoms with Gasteiger partial charge in [0, 0.05) is 36.0 Å². The maximum atomic E-state index is 13.0. The van der Waals surface area contributed by atoms with Gasteiger partial charge in [-0.2, -0.15) is 8.42 Å². The Hall–Kier alpha value is -1.57. The fourth-order valence-electron chi connectivity index (χ4n) is 8.04. The van der Waals surface area contributed by atoms with Crippen LogP contribution in [-0.2, 0) is 23.9 Å². The van der Waals surface area contributed by atoms with Crippen LogP contribution in [0.4, 0.5) is 0 Å². The topological polar surface area (TPSA) is 97.7 Å². The van der Waals surface area contributed by atoms with E-state index in [1.165, 1.54) is 12.1 Å². The average Bonchev–Trinajstić information content (AvgIpc) is 3.15. The van der Waals surface area contributed by atoms with Crippen LogP contribution in [0.2, 0.25) is 0 Å². The third-order valence-electron chi connectivity index (χ3n) is 10.0. The normalized spacial score (nSPS) is 42.7. The van der Waals surface area contributed by atoms with Gasteiger partial charge in [0.1, 0.15) is 11.6 Å². The standard InChI is InChI=1S/C26H34O6S/c1-16-4-6-18(7-5-16)33(30,31)32-15-21-23-19-8-9-22(28)24(19,2)12-11-20(23)25(3)13-10-17(27)14-26(21,25)29/h4-7,19-21,23,29H,8-15H2,1-3H3/t19-,20-,21+,23-,24-,25+,26+/m0/s1. The summed E-state index contributed by atoms with van der Waals surface area (Å²) in [7, 11) is -4.01. The zero-order chi connectivity index (χ0) is 23.8. The summed E-state index contributed by atoms with van der Waals surface area (Å²) in [5, 5.41) is 12.1. The summed E-state index contributed by atoms with van der Waals surface area (Å²) < 4.78 is 31.6. The Morgan fingerprint density at radius 3 is 2.42 bits per heavy atom. The summed E-state index contributed by atoms with van der Waals surface area (Å²) in [5.74, 6) is -0.0145. The molecule has 0 saturated heterocycles. The number of ketones is 2. The predicted molar refractivity (Wildman–Crippen MR) is 122 cm³/mol. The number of carbonyl (C=O) groups is 2. The van der Waals surface area contributed by atoms with Crippen LogP contribution in [0.1, 0.15) is 64.4 Å². The van der Waals surface area contributed by atoms with Crippen LogP contribution in [-0.4, -0.2) is 37.3 Å². The van der Waals surface area contributed by atoms with Crippen molar-refractivity contribution in [3.63, 3.8) is 0 Å². The van der Waals surface area contributed by atoms with Crippen molar-refractivity contribution in [3.8, 4) is 0 Å². The lowest BCUT2D eigenvalue weighted by molar-refractivity contribution is -0.153. The molecule has 0 aromatic heterocycles. The maximum absolute atomic E-state index is 13.0. The van der Waals surface area contributed by atoms with Crippen molar-refractivity contribution in [2.24, 2.45) is 34.5 Å². The van der Waals surface area contributed by atoms with Crippen molar-refractivity contribution in [3.05, 3.63) is 29.8 Å². The zero-order valence-electron chi connectivity index (χ0n) is 19.7. The number of hydrogen-bond acceptors (Lipinski definition) is 6. The second kappa shape index (κ2) is 7.46. The second-order valence-corrected chi connectivity index (χ2v) is 13.0. The molecule has 1 aromatic rings. The maximum Gasteiger partial charge on any atom is 0.296 e. The molecule has 1 aromatic carbocycles. The van der Waals surface area contributed by atoms with Crippen molar-refractivity contribution in [2.75, 3.05) is 6.61 Å². The minimum absolute atomic E-state index is 0.0188. The van der Waals surface area contributed by atoms with Gasteiger partial charge in [0.05, 0.1) is 17.1 Å². The van der Waals surface area contributed by atoms with Crippen LogP contribution < -0.4 is 0 Å². The molecular formula is C26H34O6S. The van der Waals surface area contributed by atoms with E-state index in [1.807, 2.05) is 13.8 Å². The van der Waals surface area contributed by atoms with E-state index < -0.39 is 32.5 Å². The number of Topliss-reactive ketones (excluding diaryl/α,β-unsaturated/α-hetero) is 2. The molecule has 0 radical (unpaired) electrons. The summed E-state index contributed by atoms with van der Waals surface area (Å²) in [6.07, 6.45) is 3.99. The monoisotopic (exact) mass is 474 g/mol. The molecule has 33 heavy (non-hydrogen) atoms. The molecule has 0 heterocycles. The van der Waals surface area contributed by atoms with Gasteiger partial charge in [0.25, 0.3) is 10.1 Å². The van der Waals surface area contributed by atoms with Gasteiger partial charge in [-0.25, -0.2) is 0 Å². The van der Waals surface area contributed by atoms with Crippen molar-refractivity contribution < 1.29 is 27.3 Å². The first-order valence-corrected chi connectivity index (χ1v) is 13.6. The quantitative estimate of drug-likeness (QED) is 0.666. The van der Waals surface area contributed by atoms with E-state index in [4.69, 9.17) is 4.18 Å². The third kappa shape index (κ3) is 3.22. The summed E-state index contributed by atoms with van der Waals surface area (Å²) in [6.45, 7) is 5.83. The van der Waals surface area contributed by atoms with Crippen LogP contribution in [0.15, 0.2) is 29.2 Å². The van der Waals surface area contributed by atoms with E-state index in [0.29, 0.717) is 19.3 Å². The van der Waals surface area contributed by atoms with E-state index in [-0.39, 0.29) is 47.2 Å². The minimum Gasteiger partial charge on any atom is -0.388 e. The molecule has 0 amide bonds. The number of hydrogen-bond donors (Lipinski definition) is 1. The van der Waals surface area contributed by atoms with Gasteiger partial charge >= 0.3 is 0 Å². The predicted octanol–water partition coefficient (Wildman–Crippen LogP) is 3.83. The molecule has 5 rings (SSSR count). The third-order valence-corrected chi connectivity index (χ3v) is 11.3. The number of benzene rings is 1. The Labute approximate surface area is 196 Å². The molecule has 7 atom stereocenters. The van der Waals surface area contributed by atoms with Crippen LogP contribution in [0.3, 0.4) is 0 Å². The Bertz CT molecular complexity index is 1090. The van der Waals surface area contributed by atoms with E-state index in [1.54, 1.807) is 12.1 Å². The molecular weight excluding hydrogens is 440 g/mol. The van der Waals surface area contributed by atoms with E-state index in [2.05, 4.69) is 6.92 Å². The van der Waals surface area contributed by atoms with Gasteiger partial charge < -0.3 is 5.11 Å². The lowest BCUT2D eigenvalue weighted by atomic mass is 9.55. The Balaban J connectivity index is 1.52. The van der Waals surface area contributed by atoms with Gasteiger partial charge in [0.15, 0.2) is 0 Å². The van der Waals surface area contributed by atoms with Crippen molar-refractivity contribution in [1.82, 2.24) is 0 Å². The van der Waals surface area contributed by atoms with Crippen LogP contribution in [0.25, 0.3) is 0 Å².